The number of hydrogen-bond donors (Lipinski definition) is 1. The van der Waals surface area contributed by atoms with E-state index in [1.54, 1.807) is 11.1 Å². The zero-order chi connectivity index (χ0) is 12.8. The minimum absolute atomic E-state index is 0.269. The SMILES string of the molecule is CC(C)(C)c1ccc2c(c1)[C@H]([C@H]1CCCN1)CC2. The van der Waals surface area contributed by atoms with Crippen molar-refractivity contribution in [2.45, 2.75) is 63.8 Å². The number of aryl methyl sites for hydroxylation is 1. The summed E-state index contributed by atoms with van der Waals surface area (Å²) < 4.78 is 0. The van der Waals surface area contributed by atoms with Crippen LogP contribution in [0.2, 0.25) is 0 Å². The lowest BCUT2D eigenvalue weighted by Gasteiger charge is -2.24. The molecule has 1 heterocycles. The fourth-order valence-electron chi connectivity index (χ4n) is 3.57. The summed E-state index contributed by atoms with van der Waals surface area (Å²) in [6, 6.07) is 7.95. The molecule has 0 unspecified atom stereocenters. The van der Waals surface area contributed by atoms with Gasteiger partial charge in [0.05, 0.1) is 0 Å². The summed E-state index contributed by atoms with van der Waals surface area (Å²) in [5, 5.41) is 3.70. The molecule has 2 aliphatic rings. The van der Waals surface area contributed by atoms with E-state index in [1.165, 1.54) is 37.8 Å². The Kier molecular flexibility index (Phi) is 2.97. The number of benzene rings is 1. The van der Waals surface area contributed by atoms with E-state index >= 15 is 0 Å². The molecule has 0 amide bonds. The molecule has 1 nitrogen and oxygen atoms in total. The minimum Gasteiger partial charge on any atom is -0.313 e. The van der Waals surface area contributed by atoms with Crippen LogP contribution >= 0.6 is 0 Å². The van der Waals surface area contributed by atoms with Crippen molar-refractivity contribution in [3.63, 3.8) is 0 Å². The Balaban J connectivity index is 1.93. The molecule has 1 N–H and O–H groups in total. The highest BCUT2D eigenvalue weighted by Gasteiger charge is 2.32. The van der Waals surface area contributed by atoms with Crippen molar-refractivity contribution < 1.29 is 0 Å². The predicted molar refractivity (Wildman–Crippen MR) is 77.2 cm³/mol. The van der Waals surface area contributed by atoms with Crippen molar-refractivity contribution in [1.29, 1.82) is 0 Å². The summed E-state index contributed by atoms with van der Waals surface area (Å²) in [5.74, 6) is 0.768. The van der Waals surface area contributed by atoms with Crippen molar-refractivity contribution in [2.75, 3.05) is 6.54 Å². The summed E-state index contributed by atoms with van der Waals surface area (Å²) in [5.41, 5.74) is 5.00. The molecular formula is C17H25N. The Morgan fingerprint density at radius 2 is 2.00 bits per heavy atom. The monoisotopic (exact) mass is 243 g/mol. The van der Waals surface area contributed by atoms with Crippen LogP contribution < -0.4 is 5.32 Å². The first-order valence-electron chi connectivity index (χ1n) is 7.42. The number of fused-ring (bicyclic) bond motifs is 1. The molecule has 1 saturated heterocycles. The number of nitrogens with one attached hydrogen (secondary N) is 1. The van der Waals surface area contributed by atoms with Gasteiger partial charge in [-0.25, -0.2) is 0 Å². The van der Waals surface area contributed by atoms with Crippen LogP contribution in [-0.4, -0.2) is 12.6 Å². The van der Waals surface area contributed by atoms with Gasteiger partial charge >= 0.3 is 0 Å². The van der Waals surface area contributed by atoms with Crippen molar-refractivity contribution in [2.24, 2.45) is 0 Å². The first-order valence-corrected chi connectivity index (χ1v) is 7.42. The molecule has 0 radical (unpaired) electrons. The maximum Gasteiger partial charge on any atom is 0.0136 e. The highest BCUT2D eigenvalue weighted by atomic mass is 14.9. The van der Waals surface area contributed by atoms with E-state index in [9.17, 15) is 0 Å². The first kappa shape index (κ1) is 12.2. The van der Waals surface area contributed by atoms with E-state index in [-0.39, 0.29) is 5.41 Å². The Bertz CT molecular complexity index is 435. The fourth-order valence-corrected chi connectivity index (χ4v) is 3.57. The van der Waals surface area contributed by atoms with E-state index in [0.717, 1.165) is 12.0 Å². The molecule has 98 valence electrons. The molecule has 0 saturated carbocycles. The summed E-state index contributed by atoms with van der Waals surface area (Å²) in [6.45, 7) is 8.15. The van der Waals surface area contributed by atoms with Crippen LogP contribution in [0, 0.1) is 0 Å². The van der Waals surface area contributed by atoms with Gasteiger partial charge in [0, 0.05) is 6.04 Å². The van der Waals surface area contributed by atoms with Crippen LogP contribution in [0.5, 0.6) is 0 Å². The van der Waals surface area contributed by atoms with Crippen LogP contribution in [0.3, 0.4) is 0 Å². The molecule has 1 aromatic rings. The Morgan fingerprint density at radius 3 is 2.67 bits per heavy atom. The van der Waals surface area contributed by atoms with Gasteiger partial charge in [0.2, 0.25) is 0 Å². The van der Waals surface area contributed by atoms with Crippen molar-refractivity contribution >= 4 is 0 Å². The van der Waals surface area contributed by atoms with Gasteiger partial charge in [0.15, 0.2) is 0 Å². The topological polar surface area (TPSA) is 12.0 Å². The number of rotatable bonds is 1. The third kappa shape index (κ3) is 2.09. The highest BCUT2D eigenvalue weighted by molar-refractivity contribution is 5.41. The molecule has 0 spiro atoms. The quantitative estimate of drug-likeness (QED) is 0.792. The average Bonchev–Trinajstić information content (AvgIpc) is 2.95. The highest BCUT2D eigenvalue weighted by Crippen LogP contribution is 2.39. The smallest absolute Gasteiger partial charge is 0.0136 e. The third-order valence-corrected chi connectivity index (χ3v) is 4.72. The maximum absolute atomic E-state index is 3.70. The zero-order valence-corrected chi connectivity index (χ0v) is 11.9. The molecule has 0 bridgehead atoms. The fraction of sp³-hybridized carbons (Fsp3) is 0.647. The van der Waals surface area contributed by atoms with Crippen LogP contribution in [0.4, 0.5) is 0 Å². The summed E-state index contributed by atoms with van der Waals surface area (Å²) >= 11 is 0. The lowest BCUT2D eigenvalue weighted by Crippen LogP contribution is -2.27. The van der Waals surface area contributed by atoms with E-state index in [2.05, 4.69) is 44.3 Å². The molecule has 2 atom stereocenters. The normalized spacial score (nSPS) is 27.5. The van der Waals surface area contributed by atoms with Gasteiger partial charge in [0.25, 0.3) is 0 Å². The average molecular weight is 243 g/mol. The van der Waals surface area contributed by atoms with Crippen molar-refractivity contribution in [3.05, 3.63) is 34.9 Å². The first-order chi connectivity index (χ1) is 8.55. The zero-order valence-electron chi connectivity index (χ0n) is 11.9. The lowest BCUT2D eigenvalue weighted by molar-refractivity contribution is 0.484. The lowest BCUT2D eigenvalue weighted by atomic mass is 9.83. The second-order valence-electron chi connectivity index (χ2n) is 7.01. The Hall–Kier alpha value is -0.820. The second-order valence-corrected chi connectivity index (χ2v) is 7.01. The van der Waals surface area contributed by atoms with Gasteiger partial charge in [-0.3, -0.25) is 0 Å². The van der Waals surface area contributed by atoms with Crippen LogP contribution in [-0.2, 0) is 11.8 Å². The molecule has 0 aromatic heterocycles. The molecule has 1 aromatic carbocycles. The Morgan fingerprint density at radius 1 is 1.17 bits per heavy atom. The van der Waals surface area contributed by atoms with E-state index in [4.69, 9.17) is 0 Å². The minimum atomic E-state index is 0.269. The molecular weight excluding hydrogens is 218 g/mol. The summed E-state index contributed by atoms with van der Waals surface area (Å²) in [6.07, 6.45) is 5.35. The largest absolute Gasteiger partial charge is 0.313 e. The number of hydrogen-bond acceptors (Lipinski definition) is 1. The van der Waals surface area contributed by atoms with Gasteiger partial charge < -0.3 is 5.32 Å². The predicted octanol–water partition coefficient (Wildman–Crippen LogP) is 3.77. The van der Waals surface area contributed by atoms with Gasteiger partial charge in [-0.2, -0.15) is 0 Å². The van der Waals surface area contributed by atoms with Crippen molar-refractivity contribution in [3.8, 4) is 0 Å². The molecule has 1 aliphatic carbocycles. The van der Waals surface area contributed by atoms with E-state index < -0.39 is 0 Å². The molecule has 1 aliphatic heterocycles. The van der Waals surface area contributed by atoms with E-state index in [1.807, 2.05) is 0 Å². The molecule has 18 heavy (non-hydrogen) atoms. The molecule has 3 rings (SSSR count). The summed E-state index contributed by atoms with van der Waals surface area (Å²) in [7, 11) is 0. The second kappa shape index (κ2) is 4.38. The van der Waals surface area contributed by atoms with Gasteiger partial charge in [0.1, 0.15) is 0 Å². The molecule has 1 heteroatoms. The molecule has 1 fully saturated rings. The van der Waals surface area contributed by atoms with Crippen LogP contribution in [0.25, 0.3) is 0 Å². The summed E-state index contributed by atoms with van der Waals surface area (Å²) in [4.78, 5) is 0. The third-order valence-electron chi connectivity index (χ3n) is 4.72. The van der Waals surface area contributed by atoms with Gasteiger partial charge in [-0.1, -0.05) is 39.0 Å². The standard InChI is InChI=1S/C17H25N/c1-17(2,3)13-8-6-12-7-9-14(15(12)11-13)16-5-4-10-18-16/h6,8,11,14,16,18H,4-5,7,9-10H2,1-3H3/t14-,16-/m1/s1. The van der Waals surface area contributed by atoms with Gasteiger partial charge in [-0.05, 0) is 60.3 Å². The van der Waals surface area contributed by atoms with Crippen LogP contribution in [0.15, 0.2) is 18.2 Å². The van der Waals surface area contributed by atoms with Crippen molar-refractivity contribution in [1.82, 2.24) is 5.32 Å². The van der Waals surface area contributed by atoms with Gasteiger partial charge in [-0.15, -0.1) is 0 Å². The Labute approximate surface area is 111 Å². The van der Waals surface area contributed by atoms with E-state index in [0.29, 0.717) is 0 Å². The van der Waals surface area contributed by atoms with Crippen LogP contribution in [0.1, 0.15) is 62.6 Å². The maximum atomic E-state index is 3.70.